The third kappa shape index (κ3) is 2.74. The number of cyclic esters (lactones) is 1. The Morgan fingerprint density at radius 3 is 2.64 bits per heavy atom. The summed E-state index contributed by atoms with van der Waals surface area (Å²) >= 11 is 0. The Balaban J connectivity index is 1.49. The van der Waals surface area contributed by atoms with Gasteiger partial charge in [-0.05, 0) is 44.6 Å². The first-order valence-electron chi connectivity index (χ1n) is 9.02. The van der Waals surface area contributed by atoms with Crippen LogP contribution in [0.4, 0.5) is 0 Å². The number of rotatable bonds is 3. The van der Waals surface area contributed by atoms with Crippen LogP contribution in [0.3, 0.4) is 0 Å². The second-order valence-electron chi connectivity index (χ2n) is 7.65. The number of carbonyl (C=O) groups excluding carboxylic acids is 2. The van der Waals surface area contributed by atoms with E-state index in [0.29, 0.717) is 11.5 Å². The fraction of sp³-hybridized carbons (Fsp3) is 0.600. The summed E-state index contributed by atoms with van der Waals surface area (Å²) in [5.41, 5.74) is 2.98. The van der Waals surface area contributed by atoms with E-state index in [1.54, 1.807) is 13.0 Å². The van der Waals surface area contributed by atoms with E-state index in [2.05, 4.69) is 13.2 Å². The highest BCUT2D eigenvalue weighted by molar-refractivity contribution is 5.89. The summed E-state index contributed by atoms with van der Waals surface area (Å²) in [5.74, 6) is -0.204. The first kappa shape index (κ1) is 16.6. The van der Waals surface area contributed by atoms with Crippen molar-refractivity contribution in [1.82, 2.24) is 0 Å². The lowest BCUT2D eigenvalue weighted by Crippen LogP contribution is -2.31. The summed E-state index contributed by atoms with van der Waals surface area (Å²) in [6, 6.07) is 0. The molecule has 25 heavy (non-hydrogen) atoms. The number of hydrogen-bond acceptors (Lipinski definition) is 5. The lowest BCUT2D eigenvalue weighted by molar-refractivity contribution is -0.162. The Hall–Kier alpha value is -1.88. The highest BCUT2D eigenvalue weighted by Gasteiger charge is 2.53. The van der Waals surface area contributed by atoms with Gasteiger partial charge in [-0.15, -0.1) is 0 Å². The highest BCUT2D eigenvalue weighted by Crippen LogP contribution is 2.52. The Morgan fingerprint density at radius 2 is 1.92 bits per heavy atom. The van der Waals surface area contributed by atoms with Crippen molar-refractivity contribution >= 4 is 11.9 Å². The second-order valence-corrected chi connectivity index (χ2v) is 7.65. The van der Waals surface area contributed by atoms with Gasteiger partial charge in [0.05, 0.1) is 12.5 Å². The van der Waals surface area contributed by atoms with Crippen molar-refractivity contribution in [2.24, 2.45) is 23.7 Å². The van der Waals surface area contributed by atoms with Gasteiger partial charge in [-0.3, -0.25) is 4.79 Å². The van der Waals surface area contributed by atoms with Crippen molar-refractivity contribution in [2.45, 2.75) is 45.0 Å². The normalized spacial score (nSPS) is 40.3. The Labute approximate surface area is 147 Å². The number of allylic oxidation sites excluding steroid dienone is 1. The molecule has 0 radical (unpaired) electrons. The van der Waals surface area contributed by atoms with E-state index in [-0.39, 0.29) is 42.4 Å². The van der Waals surface area contributed by atoms with Crippen LogP contribution >= 0.6 is 0 Å². The summed E-state index contributed by atoms with van der Waals surface area (Å²) in [6.45, 7) is 10.4. The molecule has 0 aromatic heterocycles. The molecule has 2 aliphatic heterocycles. The molecule has 0 spiro atoms. The summed E-state index contributed by atoms with van der Waals surface area (Å²) in [5, 5.41) is 0. The number of ether oxygens (including phenoxy) is 3. The molecular formula is C20H24O5. The minimum Gasteiger partial charge on any atom is -0.461 e. The molecule has 134 valence electrons. The molecule has 0 N–H and O–H groups in total. The Bertz CT molecular complexity index is 676. The average Bonchev–Trinajstić information content (AvgIpc) is 3.17. The first-order valence-corrected chi connectivity index (χ1v) is 9.02. The number of esters is 2. The molecule has 2 aliphatic carbocycles. The summed E-state index contributed by atoms with van der Waals surface area (Å²) in [4.78, 5) is 23.9. The van der Waals surface area contributed by atoms with E-state index < -0.39 is 6.29 Å². The number of carbonyl (C=O) groups is 2. The zero-order chi connectivity index (χ0) is 17.7. The molecule has 4 rings (SSSR count). The molecule has 5 nitrogen and oxygen atoms in total. The fourth-order valence-electron chi connectivity index (χ4n) is 4.82. The van der Waals surface area contributed by atoms with Gasteiger partial charge in [0.1, 0.15) is 6.10 Å². The van der Waals surface area contributed by atoms with Gasteiger partial charge in [0.2, 0.25) is 6.29 Å². The van der Waals surface area contributed by atoms with Gasteiger partial charge in [-0.1, -0.05) is 24.3 Å². The molecule has 1 saturated heterocycles. The van der Waals surface area contributed by atoms with Crippen molar-refractivity contribution in [3.8, 4) is 0 Å². The Kier molecular flexibility index (Phi) is 4.07. The van der Waals surface area contributed by atoms with Gasteiger partial charge in [-0.25, -0.2) is 4.79 Å². The van der Waals surface area contributed by atoms with Gasteiger partial charge < -0.3 is 14.2 Å². The number of hydrogen-bond donors (Lipinski definition) is 0. The highest BCUT2D eigenvalue weighted by atomic mass is 16.7. The van der Waals surface area contributed by atoms with E-state index in [0.717, 1.165) is 25.7 Å². The van der Waals surface area contributed by atoms with E-state index in [1.807, 2.05) is 0 Å². The molecule has 0 aromatic carbocycles. The standard InChI is InChI=1S/C20H24O5/c1-10-4-7-14-15(9-23-16-8-12(3)19(21)24-16)20(22)25-18(14)17-11(2)5-6-13(10)17/h8,13-18H,1-2,4-7,9H2,3H3/t13-,14-,15+,16+,17-,18-/m0/s1. The summed E-state index contributed by atoms with van der Waals surface area (Å²) in [6.07, 6.45) is 4.66. The smallest absolute Gasteiger partial charge is 0.336 e. The van der Waals surface area contributed by atoms with Crippen LogP contribution < -0.4 is 0 Å². The van der Waals surface area contributed by atoms with Gasteiger partial charge >= 0.3 is 11.9 Å². The van der Waals surface area contributed by atoms with Crippen LogP contribution in [0.25, 0.3) is 0 Å². The van der Waals surface area contributed by atoms with Gasteiger partial charge in [-0.2, -0.15) is 0 Å². The van der Waals surface area contributed by atoms with E-state index >= 15 is 0 Å². The molecule has 3 fully saturated rings. The number of fused-ring (bicyclic) bond motifs is 3. The average molecular weight is 344 g/mol. The van der Waals surface area contributed by atoms with Crippen LogP contribution in [-0.2, 0) is 23.8 Å². The van der Waals surface area contributed by atoms with Crippen LogP contribution in [0.1, 0.15) is 32.6 Å². The van der Waals surface area contributed by atoms with Crippen molar-refractivity contribution in [3.63, 3.8) is 0 Å². The summed E-state index contributed by atoms with van der Waals surface area (Å²) in [7, 11) is 0. The molecule has 0 amide bonds. The monoisotopic (exact) mass is 344 g/mol. The maximum absolute atomic E-state index is 12.5. The molecule has 0 bridgehead atoms. The molecule has 5 heteroatoms. The van der Waals surface area contributed by atoms with Crippen LogP contribution in [0.5, 0.6) is 0 Å². The predicted molar refractivity (Wildman–Crippen MR) is 90.2 cm³/mol. The maximum Gasteiger partial charge on any atom is 0.336 e. The van der Waals surface area contributed by atoms with Crippen LogP contribution in [0.2, 0.25) is 0 Å². The third-order valence-corrected chi connectivity index (χ3v) is 6.22. The fourth-order valence-corrected chi connectivity index (χ4v) is 4.82. The Morgan fingerprint density at radius 1 is 1.16 bits per heavy atom. The van der Waals surface area contributed by atoms with Crippen LogP contribution in [-0.4, -0.2) is 30.9 Å². The third-order valence-electron chi connectivity index (χ3n) is 6.22. The predicted octanol–water partition coefficient (Wildman–Crippen LogP) is 2.92. The second kappa shape index (κ2) is 6.13. The quantitative estimate of drug-likeness (QED) is 0.582. The molecule has 2 heterocycles. The van der Waals surface area contributed by atoms with E-state index in [9.17, 15) is 9.59 Å². The van der Waals surface area contributed by atoms with Crippen molar-refractivity contribution in [2.75, 3.05) is 6.61 Å². The summed E-state index contributed by atoms with van der Waals surface area (Å²) < 4.78 is 16.6. The largest absolute Gasteiger partial charge is 0.461 e. The SMILES string of the molecule is C=C1CC[C@H]2C(=C)CC[C@@H]3[C@H](OC(=O)[C@@H]3CO[C@H]3C=C(C)C(=O)O3)[C@@H]12. The molecule has 4 aliphatic rings. The van der Waals surface area contributed by atoms with Crippen LogP contribution in [0.15, 0.2) is 36.0 Å². The first-order chi connectivity index (χ1) is 12.0. The molecule has 0 unspecified atom stereocenters. The molecule has 6 atom stereocenters. The molecule has 0 aromatic rings. The lowest BCUT2D eigenvalue weighted by Gasteiger charge is -2.27. The van der Waals surface area contributed by atoms with Crippen molar-refractivity contribution in [1.29, 1.82) is 0 Å². The minimum absolute atomic E-state index is 0.108. The topological polar surface area (TPSA) is 61.8 Å². The molecule has 2 saturated carbocycles. The van der Waals surface area contributed by atoms with E-state index in [1.165, 1.54) is 11.1 Å². The van der Waals surface area contributed by atoms with Gasteiger partial charge in [0.15, 0.2) is 0 Å². The van der Waals surface area contributed by atoms with Crippen molar-refractivity contribution in [3.05, 3.63) is 36.0 Å². The van der Waals surface area contributed by atoms with E-state index in [4.69, 9.17) is 14.2 Å². The zero-order valence-corrected chi connectivity index (χ0v) is 14.5. The maximum atomic E-state index is 12.5. The zero-order valence-electron chi connectivity index (χ0n) is 14.5. The molecular weight excluding hydrogens is 320 g/mol. The van der Waals surface area contributed by atoms with Crippen molar-refractivity contribution < 1.29 is 23.8 Å². The van der Waals surface area contributed by atoms with Gasteiger partial charge in [0.25, 0.3) is 0 Å². The van der Waals surface area contributed by atoms with Gasteiger partial charge in [0, 0.05) is 17.4 Å². The van der Waals surface area contributed by atoms with Crippen LogP contribution in [0, 0.1) is 23.7 Å². The lowest BCUT2D eigenvalue weighted by atomic mass is 9.80. The minimum atomic E-state index is -0.700.